The normalized spacial score (nSPS) is 14.0. The molecule has 1 aromatic rings. The molecule has 1 heterocycles. The molecule has 2 amide bonds. The van der Waals surface area contributed by atoms with E-state index in [0.717, 1.165) is 23.4 Å². The van der Waals surface area contributed by atoms with Crippen LogP contribution in [0.5, 0.6) is 0 Å². The van der Waals surface area contributed by atoms with Crippen LogP contribution in [0.4, 0.5) is 11.4 Å². The van der Waals surface area contributed by atoms with E-state index in [1.807, 2.05) is 32.0 Å². The molecule has 0 radical (unpaired) electrons. The van der Waals surface area contributed by atoms with Gasteiger partial charge in [0.2, 0.25) is 11.8 Å². The van der Waals surface area contributed by atoms with Crippen molar-refractivity contribution in [2.75, 3.05) is 16.8 Å². The minimum atomic E-state index is -0.829. The Hall–Kier alpha value is -1.88. The SMILES string of the molecule is CCC(N)(CC)C(=O)Nc1ccc2c(c1)CCN2C(C)=O. The molecule has 21 heavy (non-hydrogen) atoms. The minimum Gasteiger partial charge on any atom is -0.324 e. The second-order valence-electron chi connectivity index (χ2n) is 5.58. The van der Waals surface area contributed by atoms with E-state index in [9.17, 15) is 9.59 Å². The van der Waals surface area contributed by atoms with E-state index in [-0.39, 0.29) is 11.8 Å². The van der Waals surface area contributed by atoms with Crippen LogP contribution in [0.2, 0.25) is 0 Å². The highest BCUT2D eigenvalue weighted by Crippen LogP contribution is 2.30. The van der Waals surface area contributed by atoms with Crippen LogP contribution in [-0.2, 0) is 16.0 Å². The van der Waals surface area contributed by atoms with Crippen molar-refractivity contribution in [3.63, 3.8) is 0 Å². The molecule has 0 saturated carbocycles. The molecule has 0 aliphatic carbocycles. The zero-order valence-electron chi connectivity index (χ0n) is 12.9. The molecular formula is C16H23N3O2. The number of nitrogens with zero attached hydrogens (tertiary/aromatic N) is 1. The summed E-state index contributed by atoms with van der Waals surface area (Å²) in [4.78, 5) is 25.5. The summed E-state index contributed by atoms with van der Waals surface area (Å²) < 4.78 is 0. The highest BCUT2D eigenvalue weighted by atomic mass is 16.2. The highest BCUT2D eigenvalue weighted by molar-refractivity contribution is 5.99. The van der Waals surface area contributed by atoms with Gasteiger partial charge in [0.25, 0.3) is 0 Å². The van der Waals surface area contributed by atoms with Crippen LogP contribution in [0.3, 0.4) is 0 Å². The number of benzene rings is 1. The fourth-order valence-corrected chi connectivity index (χ4v) is 2.63. The molecule has 5 heteroatoms. The van der Waals surface area contributed by atoms with Crippen LogP contribution in [0.1, 0.15) is 39.2 Å². The molecule has 1 aliphatic heterocycles. The summed E-state index contributed by atoms with van der Waals surface area (Å²) in [5.41, 5.74) is 8.02. The van der Waals surface area contributed by atoms with Gasteiger partial charge in [0.1, 0.15) is 0 Å². The van der Waals surface area contributed by atoms with Gasteiger partial charge in [0, 0.05) is 24.8 Å². The van der Waals surface area contributed by atoms with Gasteiger partial charge >= 0.3 is 0 Å². The third-order valence-electron chi connectivity index (χ3n) is 4.33. The van der Waals surface area contributed by atoms with Crippen LogP contribution in [0.25, 0.3) is 0 Å². The summed E-state index contributed by atoms with van der Waals surface area (Å²) in [6, 6.07) is 5.64. The van der Waals surface area contributed by atoms with Crippen LogP contribution < -0.4 is 16.0 Å². The summed E-state index contributed by atoms with van der Waals surface area (Å²) >= 11 is 0. The molecule has 0 aromatic heterocycles. The van der Waals surface area contributed by atoms with Crippen molar-refractivity contribution in [2.45, 2.75) is 45.6 Å². The molecule has 0 atom stereocenters. The number of carbonyl (C=O) groups excluding carboxylic acids is 2. The fraction of sp³-hybridized carbons (Fsp3) is 0.500. The van der Waals surface area contributed by atoms with Crippen molar-refractivity contribution in [1.82, 2.24) is 0 Å². The van der Waals surface area contributed by atoms with Gasteiger partial charge in [-0.2, -0.15) is 0 Å². The Bertz CT molecular complexity index is 565. The molecule has 3 N–H and O–H groups in total. The van der Waals surface area contributed by atoms with Crippen LogP contribution >= 0.6 is 0 Å². The number of amides is 2. The second-order valence-corrected chi connectivity index (χ2v) is 5.58. The van der Waals surface area contributed by atoms with E-state index in [1.165, 1.54) is 0 Å². The first-order valence-electron chi connectivity index (χ1n) is 7.42. The maximum absolute atomic E-state index is 12.3. The number of nitrogens with two attached hydrogens (primary N) is 1. The Morgan fingerprint density at radius 2 is 2.00 bits per heavy atom. The van der Waals surface area contributed by atoms with Crippen molar-refractivity contribution in [3.05, 3.63) is 23.8 Å². The topological polar surface area (TPSA) is 75.4 Å². The zero-order valence-corrected chi connectivity index (χ0v) is 12.9. The van der Waals surface area contributed by atoms with E-state index in [0.29, 0.717) is 19.4 Å². The first-order valence-corrected chi connectivity index (χ1v) is 7.42. The number of carbonyl (C=O) groups is 2. The molecular weight excluding hydrogens is 266 g/mol. The van der Waals surface area contributed by atoms with Crippen LogP contribution in [-0.4, -0.2) is 23.9 Å². The molecule has 2 rings (SSSR count). The Morgan fingerprint density at radius 1 is 1.33 bits per heavy atom. The lowest BCUT2D eigenvalue weighted by atomic mass is 9.93. The van der Waals surface area contributed by atoms with Crippen molar-refractivity contribution in [1.29, 1.82) is 0 Å². The first-order chi connectivity index (χ1) is 9.91. The zero-order chi connectivity index (χ0) is 15.6. The first kappa shape index (κ1) is 15.5. The summed E-state index contributed by atoms with van der Waals surface area (Å²) in [6.45, 7) is 6.09. The number of anilines is 2. The number of rotatable bonds is 4. The van der Waals surface area contributed by atoms with E-state index in [4.69, 9.17) is 5.73 Å². The van der Waals surface area contributed by atoms with Crippen LogP contribution in [0, 0.1) is 0 Å². The molecule has 0 spiro atoms. The maximum Gasteiger partial charge on any atom is 0.244 e. The third kappa shape index (κ3) is 2.93. The fourth-order valence-electron chi connectivity index (χ4n) is 2.63. The molecule has 1 aliphatic rings. The second kappa shape index (κ2) is 5.85. The van der Waals surface area contributed by atoms with Gasteiger partial charge in [-0.05, 0) is 43.0 Å². The summed E-state index contributed by atoms with van der Waals surface area (Å²) in [7, 11) is 0. The molecule has 0 unspecified atom stereocenters. The molecule has 0 bridgehead atoms. The average Bonchev–Trinajstić information content (AvgIpc) is 2.89. The van der Waals surface area contributed by atoms with Crippen molar-refractivity contribution >= 4 is 23.2 Å². The smallest absolute Gasteiger partial charge is 0.244 e. The Kier molecular flexibility index (Phi) is 4.32. The lowest BCUT2D eigenvalue weighted by Gasteiger charge is -2.25. The van der Waals surface area contributed by atoms with Gasteiger partial charge < -0.3 is 16.0 Å². The summed E-state index contributed by atoms with van der Waals surface area (Å²) in [5, 5.41) is 2.89. The lowest BCUT2D eigenvalue weighted by molar-refractivity contribution is -0.121. The van der Waals surface area contributed by atoms with Gasteiger partial charge in [-0.15, -0.1) is 0 Å². The van der Waals surface area contributed by atoms with Crippen molar-refractivity contribution in [2.24, 2.45) is 5.73 Å². The summed E-state index contributed by atoms with van der Waals surface area (Å²) in [5.74, 6) is -0.114. The number of fused-ring (bicyclic) bond motifs is 1. The minimum absolute atomic E-state index is 0.0449. The monoisotopic (exact) mass is 289 g/mol. The molecule has 114 valence electrons. The van der Waals surface area contributed by atoms with Gasteiger partial charge in [-0.1, -0.05) is 13.8 Å². The van der Waals surface area contributed by atoms with Gasteiger partial charge in [0.05, 0.1) is 5.54 Å². The van der Waals surface area contributed by atoms with Gasteiger partial charge in [-0.25, -0.2) is 0 Å². The molecule has 5 nitrogen and oxygen atoms in total. The third-order valence-corrected chi connectivity index (χ3v) is 4.33. The highest BCUT2D eigenvalue weighted by Gasteiger charge is 2.30. The summed E-state index contributed by atoms with van der Waals surface area (Å²) in [6.07, 6.45) is 2.00. The Balaban J connectivity index is 2.18. The van der Waals surface area contributed by atoms with E-state index in [1.54, 1.807) is 11.8 Å². The molecule has 0 saturated heterocycles. The van der Waals surface area contributed by atoms with Crippen molar-refractivity contribution in [3.8, 4) is 0 Å². The predicted molar refractivity (Wildman–Crippen MR) is 84.3 cm³/mol. The lowest BCUT2D eigenvalue weighted by Crippen LogP contribution is -2.50. The number of hydrogen-bond acceptors (Lipinski definition) is 3. The predicted octanol–water partition coefficient (Wildman–Crippen LogP) is 2.05. The van der Waals surface area contributed by atoms with Gasteiger partial charge in [0.15, 0.2) is 0 Å². The van der Waals surface area contributed by atoms with Crippen molar-refractivity contribution < 1.29 is 9.59 Å². The number of nitrogens with one attached hydrogen (secondary N) is 1. The van der Waals surface area contributed by atoms with Crippen LogP contribution in [0.15, 0.2) is 18.2 Å². The maximum atomic E-state index is 12.3. The Morgan fingerprint density at radius 3 is 2.57 bits per heavy atom. The standard InChI is InChI=1S/C16H23N3O2/c1-4-16(17,5-2)15(21)18-13-6-7-14-12(10-13)8-9-19(14)11(3)20/h6-7,10H,4-5,8-9,17H2,1-3H3,(H,18,21). The molecule has 1 aromatic carbocycles. The van der Waals surface area contributed by atoms with Gasteiger partial charge in [-0.3, -0.25) is 9.59 Å². The largest absolute Gasteiger partial charge is 0.324 e. The number of hydrogen-bond donors (Lipinski definition) is 2. The van der Waals surface area contributed by atoms with E-state index in [2.05, 4.69) is 5.32 Å². The Labute approximate surface area is 125 Å². The molecule has 0 fully saturated rings. The average molecular weight is 289 g/mol. The van der Waals surface area contributed by atoms with E-state index < -0.39 is 5.54 Å². The quantitative estimate of drug-likeness (QED) is 0.890. The van der Waals surface area contributed by atoms with E-state index >= 15 is 0 Å².